The Labute approximate surface area is 137 Å². The van der Waals surface area contributed by atoms with Crippen molar-refractivity contribution in [2.24, 2.45) is 0 Å². The Morgan fingerprint density at radius 2 is 1.54 bits per heavy atom. The normalized spacial score (nSPS) is 12.7. The second-order valence-corrected chi connectivity index (χ2v) is 5.00. The number of carboxylic acids is 3. The number of aliphatic carboxylic acids is 3. The summed E-state index contributed by atoms with van der Waals surface area (Å²) in [5, 5.41) is 31.1. The molecule has 0 aliphatic rings. The highest BCUT2D eigenvalue weighted by Crippen LogP contribution is 2.16. The lowest BCUT2D eigenvalue weighted by Crippen LogP contribution is -2.47. The van der Waals surface area contributed by atoms with Gasteiger partial charge in [-0.25, -0.2) is 9.59 Å². The van der Waals surface area contributed by atoms with E-state index in [1.54, 1.807) is 30.3 Å². The predicted octanol–water partition coefficient (Wildman–Crippen LogP) is 0.820. The maximum Gasteiger partial charge on any atom is 0.326 e. The van der Waals surface area contributed by atoms with Gasteiger partial charge in [0.25, 0.3) is 0 Å². The number of amides is 2. The maximum atomic E-state index is 11.9. The van der Waals surface area contributed by atoms with Crippen LogP contribution in [-0.2, 0) is 14.4 Å². The zero-order valence-electron chi connectivity index (χ0n) is 12.6. The first-order valence-corrected chi connectivity index (χ1v) is 7.08. The van der Waals surface area contributed by atoms with Gasteiger partial charge in [-0.1, -0.05) is 30.3 Å². The molecule has 24 heavy (non-hydrogen) atoms. The van der Waals surface area contributed by atoms with E-state index >= 15 is 0 Å². The molecule has 1 aromatic rings. The number of benzene rings is 1. The quantitative estimate of drug-likeness (QED) is 0.446. The molecule has 2 amide bonds. The van der Waals surface area contributed by atoms with E-state index in [1.807, 2.05) is 0 Å². The summed E-state index contributed by atoms with van der Waals surface area (Å²) in [6, 6.07) is 5.23. The molecule has 0 bridgehead atoms. The molecule has 0 aromatic heterocycles. The molecular formula is C15H18N2O7. The van der Waals surface area contributed by atoms with E-state index in [1.165, 1.54) is 0 Å². The number of carbonyl (C=O) groups is 4. The standard InChI is InChI=1S/C15H18N2O7/c18-12(19)7-6-10(14(22)23)16-15(24)17-11(8-13(20)21)9-4-2-1-3-5-9/h1-5,10-11H,6-8H2,(H,18,19)(H,20,21)(H,22,23)(H2,16,17,24). The molecule has 5 N–H and O–H groups in total. The molecule has 0 saturated carbocycles. The summed E-state index contributed by atoms with van der Waals surface area (Å²) in [6.07, 6.45) is -1.09. The Morgan fingerprint density at radius 3 is 2.04 bits per heavy atom. The fourth-order valence-electron chi connectivity index (χ4n) is 2.00. The van der Waals surface area contributed by atoms with Gasteiger partial charge in [-0.05, 0) is 12.0 Å². The average Bonchev–Trinajstić information content (AvgIpc) is 2.50. The van der Waals surface area contributed by atoms with Crippen molar-refractivity contribution in [3.8, 4) is 0 Å². The van der Waals surface area contributed by atoms with Gasteiger partial charge in [0.15, 0.2) is 0 Å². The van der Waals surface area contributed by atoms with E-state index in [-0.39, 0.29) is 12.8 Å². The van der Waals surface area contributed by atoms with Crippen LogP contribution in [0.15, 0.2) is 30.3 Å². The third kappa shape index (κ3) is 6.77. The predicted molar refractivity (Wildman–Crippen MR) is 81.4 cm³/mol. The summed E-state index contributed by atoms with van der Waals surface area (Å²) in [7, 11) is 0. The molecule has 0 radical (unpaired) electrons. The largest absolute Gasteiger partial charge is 0.481 e. The number of carboxylic acid groups (broad SMARTS) is 3. The summed E-state index contributed by atoms with van der Waals surface area (Å²) < 4.78 is 0. The Morgan fingerprint density at radius 1 is 0.917 bits per heavy atom. The van der Waals surface area contributed by atoms with Gasteiger partial charge in [0.05, 0.1) is 12.5 Å². The highest BCUT2D eigenvalue weighted by molar-refractivity contribution is 5.83. The molecule has 9 nitrogen and oxygen atoms in total. The van der Waals surface area contributed by atoms with Crippen LogP contribution < -0.4 is 10.6 Å². The lowest BCUT2D eigenvalue weighted by molar-refractivity contribution is -0.141. The number of hydrogen-bond acceptors (Lipinski definition) is 4. The molecule has 0 saturated heterocycles. The van der Waals surface area contributed by atoms with Gasteiger partial charge in [0, 0.05) is 6.42 Å². The minimum Gasteiger partial charge on any atom is -0.481 e. The van der Waals surface area contributed by atoms with Gasteiger partial charge in [-0.2, -0.15) is 0 Å². The molecule has 0 heterocycles. The first-order chi connectivity index (χ1) is 11.3. The topological polar surface area (TPSA) is 153 Å². The Balaban J connectivity index is 2.74. The number of hydrogen-bond donors (Lipinski definition) is 5. The van der Waals surface area contributed by atoms with Crippen molar-refractivity contribution >= 4 is 23.9 Å². The minimum absolute atomic E-state index is 0.285. The SMILES string of the molecule is O=C(O)CCC(NC(=O)NC(CC(=O)O)c1ccccc1)C(=O)O. The monoisotopic (exact) mass is 338 g/mol. The lowest BCUT2D eigenvalue weighted by Gasteiger charge is -2.20. The van der Waals surface area contributed by atoms with E-state index in [4.69, 9.17) is 15.3 Å². The molecule has 0 spiro atoms. The third-order valence-electron chi connectivity index (χ3n) is 3.14. The van der Waals surface area contributed by atoms with Crippen LogP contribution in [-0.4, -0.2) is 45.3 Å². The van der Waals surface area contributed by atoms with Gasteiger partial charge in [-0.15, -0.1) is 0 Å². The highest BCUT2D eigenvalue weighted by Gasteiger charge is 2.23. The van der Waals surface area contributed by atoms with Gasteiger partial charge < -0.3 is 26.0 Å². The Kier molecular flexibility index (Phi) is 7.21. The molecule has 2 atom stereocenters. The zero-order valence-corrected chi connectivity index (χ0v) is 12.6. The Bertz CT molecular complexity index is 603. The van der Waals surface area contributed by atoms with Crippen molar-refractivity contribution < 1.29 is 34.5 Å². The molecule has 2 unspecified atom stereocenters. The zero-order chi connectivity index (χ0) is 18.1. The molecular weight excluding hydrogens is 320 g/mol. The molecule has 0 fully saturated rings. The second-order valence-electron chi connectivity index (χ2n) is 5.00. The molecule has 9 heteroatoms. The van der Waals surface area contributed by atoms with Crippen molar-refractivity contribution in [1.82, 2.24) is 10.6 Å². The van der Waals surface area contributed by atoms with Crippen LogP contribution >= 0.6 is 0 Å². The summed E-state index contributed by atoms with van der Waals surface area (Å²) in [4.78, 5) is 44.4. The maximum absolute atomic E-state index is 11.9. The van der Waals surface area contributed by atoms with Gasteiger partial charge in [0.1, 0.15) is 6.04 Å². The van der Waals surface area contributed by atoms with Crippen LogP contribution in [0.1, 0.15) is 30.9 Å². The fraction of sp³-hybridized carbons (Fsp3) is 0.333. The first kappa shape index (κ1) is 18.9. The van der Waals surface area contributed by atoms with Crippen LogP contribution in [0, 0.1) is 0 Å². The first-order valence-electron chi connectivity index (χ1n) is 7.08. The van der Waals surface area contributed by atoms with E-state index in [0.717, 1.165) is 0 Å². The van der Waals surface area contributed by atoms with Crippen molar-refractivity contribution in [3.05, 3.63) is 35.9 Å². The van der Waals surface area contributed by atoms with E-state index in [2.05, 4.69) is 10.6 Å². The summed E-state index contributed by atoms with van der Waals surface area (Å²) in [6.45, 7) is 0. The minimum atomic E-state index is -1.39. The van der Waals surface area contributed by atoms with Crippen molar-refractivity contribution in [2.75, 3.05) is 0 Å². The smallest absolute Gasteiger partial charge is 0.326 e. The molecule has 0 aliphatic heterocycles. The molecule has 0 aliphatic carbocycles. The van der Waals surface area contributed by atoms with E-state index < -0.39 is 42.4 Å². The molecule has 130 valence electrons. The van der Waals surface area contributed by atoms with Crippen LogP contribution in [0.4, 0.5) is 4.79 Å². The van der Waals surface area contributed by atoms with Crippen LogP contribution in [0.5, 0.6) is 0 Å². The van der Waals surface area contributed by atoms with E-state index in [0.29, 0.717) is 5.56 Å². The molecule has 1 rings (SSSR count). The van der Waals surface area contributed by atoms with Crippen LogP contribution in [0.3, 0.4) is 0 Å². The highest BCUT2D eigenvalue weighted by atomic mass is 16.4. The summed E-state index contributed by atoms with van der Waals surface area (Å²) >= 11 is 0. The van der Waals surface area contributed by atoms with Gasteiger partial charge >= 0.3 is 23.9 Å². The summed E-state index contributed by atoms with van der Waals surface area (Å²) in [5.41, 5.74) is 0.549. The van der Waals surface area contributed by atoms with E-state index in [9.17, 15) is 19.2 Å². The third-order valence-corrected chi connectivity index (χ3v) is 3.14. The second kappa shape index (κ2) is 9.13. The lowest BCUT2D eigenvalue weighted by atomic mass is 10.0. The van der Waals surface area contributed by atoms with Crippen molar-refractivity contribution in [1.29, 1.82) is 0 Å². The number of nitrogens with one attached hydrogen (secondary N) is 2. The Hall–Kier alpha value is -3.10. The van der Waals surface area contributed by atoms with Crippen molar-refractivity contribution in [3.63, 3.8) is 0 Å². The van der Waals surface area contributed by atoms with Crippen LogP contribution in [0.25, 0.3) is 0 Å². The number of carbonyl (C=O) groups excluding carboxylic acids is 1. The number of rotatable bonds is 9. The van der Waals surface area contributed by atoms with Gasteiger partial charge in [-0.3, -0.25) is 9.59 Å². The number of urea groups is 1. The van der Waals surface area contributed by atoms with Gasteiger partial charge in [0.2, 0.25) is 0 Å². The van der Waals surface area contributed by atoms with Crippen molar-refractivity contribution in [2.45, 2.75) is 31.3 Å². The molecule has 1 aromatic carbocycles. The fourth-order valence-corrected chi connectivity index (χ4v) is 2.00. The average molecular weight is 338 g/mol. The summed E-state index contributed by atoms with van der Waals surface area (Å²) in [5.74, 6) is -3.69. The van der Waals surface area contributed by atoms with Crippen LogP contribution in [0.2, 0.25) is 0 Å².